The van der Waals surface area contributed by atoms with Gasteiger partial charge in [0.15, 0.2) is 0 Å². The van der Waals surface area contributed by atoms with Gasteiger partial charge in [-0.15, -0.1) is 0 Å². The Hall–Kier alpha value is -1.14. The van der Waals surface area contributed by atoms with Crippen LogP contribution in [0.25, 0.3) is 0 Å². The molecule has 0 saturated carbocycles. The highest BCUT2D eigenvalue weighted by atomic mass is 16.4. The highest BCUT2D eigenvalue weighted by Crippen LogP contribution is 2.09. The first kappa shape index (κ1) is 13.9. The fourth-order valence-electron chi connectivity index (χ4n) is 1.93. The van der Waals surface area contributed by atoms with Crippen LogP contribution in [0.4, 0.5) is 0 Å². The van der Waals surface area contributed by atoms with Crippen molar-refractivity contribution < 1.29 is 14.7 Å². The van der Waals surface area contributed by atoms with E-state index in [9.17, 15) is 9.59 Å². The Balaban J connectivity index is 2.48. The zero-order chi connectivity index (χ0) is 13.0. The van der Waals surface area contributed by atoms with Crippen LogP contribution in [0.5, 0.6) is 0 Å². The number of likely N-dealkylation sites (N-methyl/N-ethyl adjacent to an activating group) is 1. The van der Waals surface area contributed by atoms with E-state index in [-0.39, 0.29) is 19.0 Å². The Morgan fingerprint density at radius 2 is 2.18 bits per heavy atom. The maximum absolute atomic E-state index is 11.7. The van der Waals surface area contributed by atoms with Crippen molar-refractivity contribution in [2.45, 2.75) is 12.5 Å². The molecule has 1 fully saturated rings. The average Bonchev–Trinajstić information content (AvgIpc) is 2.20. The third kappa shape index (κ3) is 3.98. The number of piperazine rings is 1. The molecule has 1 saturated heterocycles. The number of carbonyl (C=O) groups excluding carboxylic acids is 1. The Labute approximate surface area is 102 Å². The second-order valence-corrected chi connectivity index (χ2v) is 4.77. The van der Waals surface area contributed by atoms with E-state index < -0.39 is 12.0 Å². The summed E-state index contributed by atoms with van der Waals surface area (Å²) in [5, 5.41) is 9.04. The molecular formula is C11H21N3O3. The Bertz CT molecular complexity index is 294. The molecule has 98 valence electrons. The molecule has 6 nitrogen and oxygen atoms in total. The van der Waals surface area contributed by atoms with Crippen LogP contribution in [0.3, 0.4) is 0 Å². The lowest BCUT2D eigenvalue weighted by atomic mass is 10.1. The van der Waals surface area contributed by atoms with Crippen LogP contribution in [0, 0.1) is 0 Å². The van der Waals surface area contributed by atoms with Gasteiger partial charge in [-0.05, 0) is 34.1 Å². The predicted octanol–water partition coefficient (Wildman–Crippen LogP) is -0.835. The molecule has 1 heterocycles. The van der Waals surface area contributed by atoms with E-state index in [1.807, 2.05) is 14.1 Å². The summed E-state index contributed by atoms with van der Waals surface area (Å²) in [6, 6.07) is -0.577. The third-order valence-electron chi connectivity index (χ3n) is 2.98. The number of hydrogen-bond acceptors (Lipinski definition) is 4. The molecule has 0 aliphatic carbocycles. The first-order valence-electron chi connectivity index (χ1n) is 5.77. The largest absolute Gasteiger partial charge is 0.480 e. The lowest BCUT2D eigenvalue weighted by Gasteiger charge is -2.36. The van der Waals surface area contributed by atoms with E-state index in [1.165, 1.54) is 0 Å². The molecule has 0 spiro atoms. The van der Waals surface area contributed by atoms with Crippen LogP contribution < -0.4 is 0 Å². The van der Waals surface area contributed by atoms with Crippen LogP contribution in [0.1, 0.15) is 6.42 Å². The Kier molecular flexibility index (Phi) is 4.89. The van der Waals surface area contributed by atoms with Crippen LogP contribution in [0.2, 0.25) is 0 Å². The molecule has 1 amide bonds. The number of nitrogens with zero attached hydrogens (tertiary/aromatic N) is 3. The summed E-state index contributed by atoms with van der Waals surface area (Å²) < 4.78 is 0. The zero-order valence-corrected chi connectivity index (χ0v) is 10.7. The van der Waals surface area contributed by atoms with Gasteiger partial charge in [0.05, 0.1) is 6.54 Å². The van der Waals surface area contributed by atoms with Crippen LogP contribution in [-0.4, -0.2) is 85.0 Å². The molecule has 0 bridgehead atoms. The van der Waals surface area contributed by atoms with Crippen molar-refractivity contribution in [3.05, 3.63) is 0 Å². The second kappa shape index (κ2) is 5.97. The molecule has 0 radical (unpaired) electrons. The average molecular weight is 243 g/mol. The number of carbonyl (C=O) groups is 2. The summed E-state index contributed by atoms with van der Waals surface area (Å²) in [6.45, 7) is 2.02. The van der Waals surface area contributed by atoms with E-state index in [1.54, 1.807) is 16.8 Å². The molecular weight excluding hydrogens is 222 g/mol. The van der Waals surface area contributed by atoms with Crippen molar-refractivity contribution in [2.75, 3.05) is 47.3 Å². The minimum atomic E-state index is -0.863. The number of rotatable bonds is 5. The third-order valence-corrected chi connectivity index (χ3v) is 2.98. The summed E-state index contributed by atoms with van der Waals surface area (Å²) in [5.74, 6) is -0.846. The summed E-state index contributed by atoms with van der Waals surface area (Å²) in [7, 11) is 5.63. The molecule has 0 aromatic carbocycles. The van der Waals surface area contributed by atoms with E-state index in [2.05, 4.69) is 4.90 Å². The molecule has 17 heavy (non-hydrogen) atoms. The maximum atomic E-state index is 11.7. The van der Waals surface area contributed by atoms with Gasteiger partial charge in [0.1, 0.15) is 6.04 Å². The molecule has 1 aliphatic heterocycles. The molecule has 0 aromatic heterocycles. The molecule has 0 aromatic rings. The van der Waals surface area contributed by atoms with Crippen molar-refractivity contribution in [3.8, 4) is 0 Å². The lowest BCUT2D eigenvalue weighted by molar-refractivity contribution is -0.150. The van der Waals surface area contributed by atoms with Crippen molar-refractivity contribution in [1.82, 2.24) is 14.7 Å². The van der Waals surface area contributed by atoms with Gasteiger partial charge in [0.2, 0.25) is 5.91 Å². The molecule has 1 unspecified atom stereocenters. The van der Waals surface area contributed by atoms with Crippen molar-refractivity contribution in [2.24, 2.45) is 0 Å². The summed E-state index contributed by atoms with van der Waals surface area (Å²) in [5.41, 5.74) is 0. The first-order valence-corrected chi connectivity index (χ1v) is 5.77. The Morgan fingerprint density at radius 1 is 1.53 bits per heavy atom. The summed E-state index contributed by atoms with van der Waals surface area (Å²) >= 11 is 0. The zero-order valence-electron chi connectivity index (χ0n) is 10.7. The number of aliphatic carboxylic acids is 1. The van der Waals surface area contributed by atoms with Gasteiger partial charge >= 0.3 is 5.97 Å². The Morgan fingerprint density at radius 3 is 2.71 bits per heavy atom. The monoisotopic (exact) mass is 243 g/mol. The quantitative estimate of drug-likeness (QED) is 0.682. The predicted molar refractivity (Wildman–Crippen MR) is 63.8 cm³/mol. The lowest BCUT2D eigenvalue weighted by Crippen LogP contribution is -2.57. The molecule has 1 atom stereocenters. The van der Waals surface area contributed by atoms with Gasteiger partial charge in [0.25, 0.3) is 0 Å². The number of hydrogen-bond donors (Lipinski definition) is 1. The van der Waals surface area contributed by atoms with E-state index in [4.69, 9.17) is 5.11 Å². The molecule has 1 aliphatic rings. The number of carboxylic acids is 1. The highest BCUT2D eigenvalue weighted by Gasteiger charge is 2.33. The topological polar surface area (TPSA) is 64.1 Å². The summed E-state index contributed by atoms with van der Waals surface area (Å²) in [4.78, 5) is 28.0. The van der Waals surface area contributed by atoms with Gasteiger partial charge in [-0.25, -0.2) is 0 Å². The summed E-state index contributed by atoms with van der Waals surface area (Å²) in [6.07, 6.45) is 0.870. The standard InChI is InChI=1S/C11H21N3O3/c1-12(2)5-4-6-14-7-9(11(16)17)13(3)8-10(14)15/h9H,4-8H2,1-3H3,(H,16,17). The van der Waals surface area contributed by atoms with E-state index >= 15 is 0 Å². The van der Waals surface area contributed by atoms with Gasteiger partial charge in [-0.2, -0.15) is 0 Å². The second-order valence-electron chi connectivity index (χ2n) is 4.77. The molecule has 1 N–H and O–H groups in total. The SMILES string of the molecule is CN(C)CCCN1CC(C(=O)O)N(C)CC1=O. The van der Waals surface area contributed by atoms with Gasteiger partial charge in [0, 0.05) is 13.1 Å². The van der Waals surface area contributed by atoms with Crippen molar-refractivity contribution in [3.63, 3.8) is 0 Å². The molecule has 6 heteroatoms. The van der Waals surface area contributed by atoms with E-state index in [0.717, 1.165) is 13.0 Å². The maximum Gasteiger partial charge on any atom is 0.322 e. The minimum Gasteiger partial charge on any atom is -0.480 e. The van der Waals surface area contributed by atoms with E-state index in [0.29, 0.717) is 6.54 Å². The van der Waals surface area contributed by atoms with Crippen molar-refractivity contribution in [1.29, 1.82) is 0 Å². The van der Waals surface area contributed by atoms with Gasteiger partial charge in [-0.3, -0.25) is 14.5 Å². The normalized spacial score (nSPS) is 22.2. The fourth-order valence-corrected chi connectivity index (χ4v) is 1.93. The highest BCUT2D eigenvalue weighted by molar-refractivity contribution is 5.83. The van der Waals surface area contributed by atoms with Crippen molar-refractivity contribution >= 4 is 11.9 Å². The van der Waals surface area contributed by atoms with Crippen LogP contribution >= 0.6 is 0 Å². The smallest absolute Gasteiger partial charge is 0.322 e. The minimum absolute atomic E-state index is 0.0174. The van der Waals surface area contributed by atoms with Crippen LogP contribution in [0.15, 0.2) is 0 Å². The number of amides is 1. The molecule has 1 rings (SSSR count). The van der Waals surface area contributed by atoms with Gasteiger partial charge < -0.3 is 14.9 Å². The first-order chi connectivity index (χ1) is 7.91. The fraction of sp³-hybridized carbons (Fsp3) is 0.818. The van der Waals surface area contributed by atoms with Crippen LogP contribution in [-0.2, 0) is 9.59 Å². The van der Waals surface area contributed by atoms with Gasteiger partial charge in [-0.1, -0.05) is 0 Å². The number of carboxylic acid groups (broad SMARTS) is 1.